The Kier molecular flexibility index (Phi) is 3.41. The van der Waals surface area contributed by atoms with Crippen LogP contribution in [-0.4, -0.2) is 28.0 Å². The number of aliphatic hydroxyl groups is 1. The number of aromatic nitrogens is 2. The lowest BCUT2D eigenvalue weighted by Crippen LogP contribution is -2.37. The van der Waals surface area contributed by atoms with Crippen molar-refractivity contribution in [2.24, 2.45) is 5.41 Å². The molecule has 2 N–H and O–H groups in total. The number of aliphatic hydroxyl groups excluding tert-OH is 1. The molecule has 1 aromatic heterocycles. The molecule has 0 amide bonds. The first-order chi connectivity index (χ1) is 6.54. The zero-order chi connectivity index (χ0) is 10.6. The van der Waals surface area contributed by atoms with Crippen molar-refractivity contribution in [2.45, 2.75) is 26.8 Å². The Morgan fingerprint density at radius 2 is 2.21 bits per heavy atom. The van der Waals surface area contributed by atoms with E-state index in [0.29, 0.717) is 5.82 Å². The van der Waals surface area contributed by atoms with E-state index in [4.69, 9.17) is 0 Å². The lowest BCUT2D eigenvalue weighted by molar-refractivity contribution is 0.201. The Morgan fingerprint density at radius 1 is 1.50 bits per heavy atom. The summed E-state index contributed by atoms with van der Waals surface area (Å²) >= 11 is 0. The van der Waals surface area contributed by atoms with Gasteiger partial charge >= 0.3 is 0 Å². The first-order valence-electron chi connectivity index (χ1n) is 4.69. The number of hydrogen-bond donors (Lipinski definition) is 2. The fraction of sp³-hybridized carbons (Fsp3) is 0.600. The molecule has 4 heteroatoms. The monoisotopic (exact) mass is 195 g/mol. The SMILES string of the molecule is CC(C)(C)[C@@H](CO)Nc1cccnn1. The number of nitrogens with one attached hydrogen (secondary N) is 1. The molecule has 14 heavy (non-hydrogen) atoms. The third-order valence-corrected chi connectivity index (χ3v) is 2.12. The molecule has 1 atom stereocenters. The normalized spacial score (nSPS) is 13.7. The maximum Gasteiger partial charge on any atom is 0.148 e. The lowest BCUT2D eigenvalue weighted by atomic mass is 9.87. The molecule has 0 unspecified atom stereocenters. The van der Waals surface area contributed by atoms with E-state index in [-0.39, 0.29) is 18.1 Å². The number of hydrogen-bond acceptors (Lipinski definition) is 4. The van der Waals surface area contributed by atoms with Gasteiger partial charge in [-0.1, -0.05) is 20.8 Å². The minimum Gasteiger partial charge on any atom is -0.394 e. The fourth-order valence-corrected chi connectivity index (χ4v) is 1.09. The van der Waals surface area contributed by atoms with Gasteiger partial charge in [0.1, 0.15) is 5.82 Å². The maximum atomic E-state index is 9.21. The summed E-state index contributed by atoms with van der Waals surface area (Å²) in [4.78, 5) is 0. The van der Waals surface area contributed by atoms with Crippen LogP contribution in [0.2, 0.25) is 0 Å². The van der Waals surface area contributed by atoms with E-state index in [0.717, 1.165) is 0 Å². The van der Waals surface area contributed by atoms with Crippen LogP contribution in [-0.2, 0) is 0 Å². The van der Waals surface area contributed by atoms with Gasteiger partial charge in [0.25, 0.3) is 0 Å². The van der Waals surface area contributed by atoms with Crippen molar-refractivity contribution in [1.29, 1.82) is 0 Å². The number of rotatable bonds is 3. The second kappa shape index (κ2) is 4.37. The van der Waals surface area contributed by atoms with E-state index < -0.39 is 0 Å². The van der Waals surface area contributed by atoms with Gasteiger partial charge in [0.05, 0.1) is 12.6 Å². The molecular weight excluding hydrogens is 178 g/mol. The molecular formula is C10H17N3O. The first kappa shape index (κ1) is 10.9. The van der Waals surface area contributed by atoms with Gasteiger partial charge in [-0.05, 0) is 17.5 Å². The molecule has 1 aromatic rings. The Balaban J connectivity index is 2.67. The minimum absolute atomic E-state index is 0.00767. The summed E-state index contributed by atoms with van der Waals surface area (Å²) in [6.07, 6.45) is 1.62. The summed E-state index contributed by atoms with van der Waals surface area (Å²) in [6.45, 7) is 6.28. The number of anilines is 1. The van der Waals surface area contributed by atoms with Crippen LogP contribution < -0.4 is 5.32 Å². The topological polar surface area (TPSA) is 58.0 Å². The lowest BCUT2D eigenvalue weighted by Gasteiger charge is -2.29. The van der Waals surface area contributed by atoms with E-state index in [9.17, 15) is 5.11 Å². The average molecular weight is 195 g/mol. The van der Waals surface area contributed by atoms with Gasteiger partial charge in [-0.2, -0.15) is 5.10 Å². The van der Waals surface area contributed by atoms with E-state index in [1.54, 1.807) is 6.20 Å². The van der Waals surface area contributed by atoms with E-state index in [1.807, 2.05) is 12.1 Å². The summed E-state index contributed by atoms with van der Waals surface area (Å²) in [5, 5.41) is 20.0. The minimum atomic E-state index is -0.0146. The maximum absolute atomic E-state index is 9.21. The van der Waals surface area contributed by atoms with Gasteiger partial charge in [-0.25, -0.2) is 0 Å². The molecule has 0 saturated heterocycles. The van der Waals surface area contributed by atoms with Gasteiger partial charge in [0.15, 0.2) is 0 Å². The Morgan fingerprint density at radius 3 is 2.64 bits per heavy atom. The summed E-state index contributed by atoms with van der Waals surface area (Å²) in [5.41, 5.74) is -0.00767. The molecule has 0 aliphatic heterocycles. The van der Waals surface area contributed by atoms with Crippen molar-refractivity contribution < 1.29 is 5.11 Å². The predicted molar refractivity (Wildman–Crippen MR) is 56.0 cm³/mol. The molecule has 0 fully saturated rings. The van der Waals surface area contributed by atoms with E-state index in [2.05, 4.69) is 36.3 Å². The summed E-state index contributed by atoms with van der Waals surface area (Å²) in [7, 11) is 0. The molecule has 0 saturated carbocycles. The number of nitrogens with zero attached hydrogens (tertiary/aromatic N) is 2. The van der Waals surface area contributed by atoms with E-state index in [1.165, 1.54) is 0 Å². The van der Waals surface area contributed by atoms with Crippen molar-refractivity contribution in [3.8, 4) is 0 Å². The van der Waals surface area contributed by atoms with Crippen molar-refractivity contribution in [2.75, 3.05) is 11.9 Å². The molecule has 0 aromatic carbocycles. The quantitative estimate of drug-likeness (QED) is 0.763. The van der Waals surface area contributed by atoms with Gasteiger partial charge in [0.2, 0.25) is 0 Å². The smallest absolute Gasteiger partial charge is 0.148 e. The molecule has 0 aliphatic carbocycles. The van der Waals surface area contributed by atoms with Crippen molar-refractivity contribution in [1.82, 2.24) is 10.2 Å². The molecule has 1 heterocycles. The van der Waals surface area contributed by atoms with Crippen LogP contribution >= 0.6 is 0 Å². The van der Waals surface area contributed by atoms with Crippen LogP contribution in [0, 0.1) is 5.41 Å². The highest BCUT2D eigenvalue weighted by Gasteiger charge is 2.23. The third-order valence-electron chi connectivity index (χ3n) is 2.12. The molecule has 1 rings (SSSR count). The van der Waals surface area contributed by atoms with E-state index >= 15 is 0 Å². The standard InChI is InChI=1S/C10H17N3O/c1-10(2,3)8(7-14)12-9-5-4-6-11-13-9/h4-6,8,14H,7H2,1-3H3,(H,12,13)/t8-/m1/s1. The highest BCUT2D eigenvalue weighted by Crippen LogP contribution is 2.21. The molecule has 78 valence electrons. The van der Waals surface area contributed by atoms with Crippen LogP contribution in [0.25, 0.3) is 0 Å². The molecule has 0 spiro atoms. The highest BCUT2D eigenvalue weighted by atomic mass is 16.3. The summed E-state index contributed by atoms with van der Waals surface area (Å²) < 4.78 is 0. The Labute approximate surface area is 84.4 Å². The Bertz CT molecular complexity index is 268. The van der Waals surface area contributed by atoms with Gasteiger partial charge in [0, 0.05) is 6.20 Å². The third kappa shape index (κ3) is 2.96. The first-order valence-corrected chi connectivity index (χ1v) is 4.69. The Hall–Kier alpha value is -1.16. The van der Waals surface area contributed by atoms with Crippen molar-refractivity contribution in [3.05, 3.63) is 18.3 Å². The van der Waals surface area contributed by atoms with Crippen LogP contribution in [0.5, 0.6) is 0 Å². The van der Waals surface area contributed by atoms with Gasteiger partial charge in [-0.3, -0.25) is 0 Å². The highest BCUT2D eigenvalue weighted by molar-refractivity contribution is 5.33. The molecule has 0 bridgehead atoms. The summed E-state index contributed by atoms with van der Waals surface area (Å²) in [6, 6.07) is 3.63. The summed E-state index contributed by atoms with van der Waals surface area (Å²) in [5.74, 6) is 0.696. The van der Waals surface area contributed by atoms with Crippen LogP contribution in [0.15, 0.2) is 18.3 Å². The molecule has 0 radical (unpaired) electrons. The molecule has 0 aliphatic rings. The zero-order valence-corrected chi connectivity index (χ0v) is 8.86. The van der Waals surface area contributed by atoms with Crippen LogP contribution in [0.4, 0.5) is 5.82 Å². The second-order valence-electron chi connectivity index (χ2n) is 4.35. The predicted octanol–water partition coefficient (Wildman–Crippen LogP) is 1.30. The van der Waals surface area contributed by atoms with Gasteiger partial charge in [-0.15, -0.1) is 5.10 Å². The largest absolute Gasteiger partial charge is 0.394 e. The fourth-order valence-electron chi connectivity index (χ4n) is 1.09. The second-order valence-corrected chi connectivity index (χ2v) is 4.35. The molecule has 4 nitrogen and oxygen atoms in total. The average Bonchev–Trinajstić information content (AvgIpc) is 2.14. The zero-order valence-electron chi connectivity index (χ0n) is 8.86. The van der Waals surface area contributed by atoms with Gasteiger partial charge < -0.3 is 10.4 Å². The van der Waals surface area contributed by atoms with Crippen LogP contribution in [0.3, 0.4) is 0 Å². The van der Waals surface area contributed by atoms with Crippen LogP contribution in [0.1, 0.15) is 20.8 Å². The van der Waals surface area contributed by atoms with Crippen molar-refractivity contribution in [3.63, 3.8) is 0 Å². The van der Waals surface area contributed by atoms with Crippen molar-refractivity contribution >= 4 is 5.82 Å².